The van der Waals surface area contributed by atoms with Crippen molar-refractivity contribution < 1.29 is 10.1 Å². The normalized spacial score (nSPS) is 10.0. The van der Waals surface area contributed by atoms with E-state index >= 15 is 0 Å². The molecule has 0 unspecified atom stereocenters. The number of hydrogen-bond acceptors (Lipinski definition) is 6. The first-order chi connectivity index (χ1) is 8.59. The number of hydrazine groups is 1. The second kappa shape index (κ2) is 4.53. The number of benzene rings is 1. The van der Waals surface area contributed by atoms with Gasteiger partial charge in [-0.05, 0) is 17.1 Å². The third-order valence-corrected chi connectivity index (χ3v) is 2.14. The molecule has 18 heavy (non-hydrogen) atoms. The number of nitrogens with two attached hydrogens (primary N) is 1. The van der Waals surface area contributed by atoms with E-state index in [1.165, 1.54) is 12.1 Å². The van der Waals surface area contributed by atoms with Gasteiger partial charge >= 0.3 is 0 Å². The van der Waals surface area contributed by atoms with Crippen LogP contribution >= 0.6 is 0 Å². The molecule has 3 N–H and O–H groups in total. The van der Waals surface area contributed by atoms with Gasteiger partial charge < -0.3 is 10.8 Å². The van der Waals surface area contributed by atoms with Crippen LogP contribution in [0, 0.1) is 10.1 Å². The van der Waals surface area contributed by atoms with Crippen LogP contribution in [-0.4, -0.2) is 20.1 Å². The van der Waals surface area contributed by atoms with E-state index in [0.717, 1.165) is 6.20 Å². The second-order valence-corrected chi connectivity index (χ2v) is 3.33. The molecule has 0 amide bonds. The molecule has 92 valence electrons. The molecule has 0 aliphatic rings. The van der Waals surface area contributed by atoms with Crippen molar-refractivity contribution in [2.75, 3.05) is 10.7 Å². The molecule has 0 aliphatic heterocycles. The van der Waals surface area contributed by atoms with Gasteiger partial charge in [0.15, 0.2) is 5.03 Å². The molecular weight excluding hydrogens is 238 g/mol. The molecule has 0 saturated heterocycles. The minimum Gasteiger partial charge on any atom is -0.492 e. The lowest BCUT2D eigenvalue weighted by molar-refractivity contribution is -0.484. The Bertz CT molecular complexity index is 575. The summed E-state index contributed by atoms with van der Waals surface area (Å²) in [5.74, 6) is -0.763. The topological polar surface area (TPSA) is 118 Å². The molecule has 8 nitrogen and oxygen atoms in total. The zero-order valence-corrected chi connectivity index (χ0v) is 9.09. The van der Waals surface area contributed by atoms with Gasteiger partial charge in [0.2, 0.25) is 5.88 Å². The summed E-state index contributed by atoms with van der Waals surface area (Å²) in [5.41, 5.74) is 5.56. The summed E-state index contributed by atoms with van der Waals surface area (Å²) in [4.78, 5) is 18.3. The Morgan fingerprint density at radius 2 is 2.00 bits per heavy atom. The first-order valence-electron chi connectivity index (χ1n) is 4.90. The minimum absolute atomic E-state index is 0.0462. The monoisotopic (exact) mass is 247 g/mol. The second-order valence-electron chi connectivity index (χ2n) is 3.33. The summed E-state index contributed by atoms with van der Waals surface area (Å²) in [6, 6.07) is 8.06. The van der Waals surface area contributed by atoms with E-state index < -0.39 is 10.9 Å². The van der Waals surface area contributed by atoms with Gasteiger partial charge in [-0.15, -0.1) is 0 Å². The molecule has 8 heteroatoms. The van der Waals surface area contributed by atoms with Crippen LogP contribution in [0.4, 0.5) is 17.3 Å². The van der Waals surface area contributed by atoms with Crippen LogP contribution in [0.3, 0.4) is 0 Å². The number of aromatic nitrogens is 2. The average molecular weight is 247 g/mol. The Hall–Kier alpha value is -2.90. The highest BCUT2D eigenvalue weighted by Crippen LogP contribution is 2.24. The highest BCUT2D eigenvalue weighted by molar-refractivity contribution is 5.56. The SMILES string of the molecule is Nc1cnc(N(c2ccccc2)[N+](=O)[O-])nc1O. The van der Waals surface area contributed by atoms with E-state index in [1.54, 1.807) is 18.2 Å². The highest BCUT2D eigenvalue weighted by Gasteiger charge is 2.23. The molecule has 1 aromatic heterocycles. The Morgan fingerprint density at radius 1 is 1.33 bits per heavy atom. The number of nitro groups is 1. The van der Waals surface area contributed by atoms with Crippen LogP contribution in [0.25, 0.3) is 0 Å². The molecule has 1 aromatic carbocycles. The van der Waals surface area contributed by atoms with E-state index in [9.17, 15) is 15.2 Å². The zero-order chi connectivity index (χ0) is 13.1. The van der Waals surface area contributed by atoms with Crippen LogP contribution < -0.4 is 10.7 Å². The predicted molar refractivity (Wildman–Crippen MR) is 63.7 cm³/mol. The zero-order valence-electron chi connectivity index (χ0n) is 9.09. The summed E-state index contributed by atoms with van der Waals surface area (Å²) in [7, 11) is 0. The fraction of sp³-hybridized carbons (Fsp3) is 0. The van der Waals surface area contributed by atoms with Crippen LogP contribution in [0.5, 0.6) is 5.88 Å². The summed E-state index contributed by atoms with van der Waals surface area (Å²) in [6.07, 6.45) is 1.11. The molecule has 0 radical (unpaired) electrons. The Labute approximate surface area is 101 Å². The van der Waals surface area contributed by atoms with E-state index in [1.807, 2.05) is 0 Å². The lowest BCUT2D eigenvalue weighted by Crippen LogP contribution is -2.26. The number of para-hydroxylation sites is 1. The fourth-order valence-electron chi connectivity index (χ4n) is 1.33. The fourth-order valence-corrected chi connectivity index (χ4v) is 1.33. The number of anilines is 3. The van der Waals surface area contributed by atoms with Gasteiger partial charge in [0.05, 0.1) is 6.20 Å². The van der Waals surface area contributed by atoms with Gasteiger partial charge in [0.25, 0.3) is 5.95 Å². The van der Waals surface area contributed by atoms with Crippen molar-refractivity contribution in [1.29, 1.82) is 0 Å². The minimum atomic E-state index is -0.680. The van der Waals surface area contributed by atoms with E-state index in [0.29, 0.717) is 5.01 Å². The third kappa shape index (κ3) is 2.12. The quantitative estimate of drug-likeness (QED) is 0.615. The number of nitrogen functional groups attached to an aromatic ring is 1. The van der Waals surface area contributed by atoms with Crippen molar-refractivity contribution in [2.24, 2.45) is 0 Å². The van der Waals surface area contributed by atoms with Gasteiger partial charge in [-0.25, -0.2) is 15.1 Å². The first-order valence-corrected chi connectivity index (χ1v) is 4.90. The smallest absolute Gasteiger partial charge is 0.297 e. The average Bonchev–Trinajstić information content (AvgIpc) is 2.35. The molecule has 0 saturated carbocycles. The van der Waals surface area contributed by atoms with E-state index in [4.69, 9.17) is 5.73 Å². The number of nitrogens with zero attached hydrogens (tertiary/aromatic N) is 4. The highest BCUT2D eigenvalue weighted by atomic mass is 16.7. The molecule has 1 heterocycles. The van der Waals surface area contributed by atoms with Crippen molar-refractivity contribution in [2.45, 2.75) is 0 Å². The molecule has 0 atom stereocenters. The molecule has 0 fully saturated rings. The maximum absolute atomic E-state index is 11.0. The molecule has 0 bridgehead atoms. The standard InChI is InChI=1S/C10H9N5O3/c11-8-6-12-10(13-9(8)16)14(15(17)18)7-4-2-1-3-5-7/h1-6H,11H2,(H,12,13,16). The largest absolute Gasteiger partial charge is 0.492 e. The van der Waals surface area contributed by atoms with Crippen molar-refractivity contribution in [3.63, 3.8) is 0 Å². The Morgan fingerprint density at radius 3 is 2.56 bits per heavy atom. The third-order valence-electron chi connectivity index (χ3n) is 2.14. The van der Waals surface area contributed by atoms with Crippen LogP contribution in [0.2, 0.25) is 0 Å². The van der Waals surface area contributed by atoms with Gasteiger partial charge in [-0.1, -0.05) is 18.2 Å². The van der Waals surface area contributed by atoms with Crippen molar-refractivity contribution in [3.05, 3.63) is 46.6 Å². The number of rotatable bonds is 3. The van der Waals surface area contributed by atoms with Gasteiger partial charge in [0.1, 0.15) is 11.4 Å². The molecule has 2 rings (SSSR count). The summed E-state index contributed by atoms with van der Waals surface area (Å²) in [5, 5.41) is 20.4. The Balaban J connectivity index is 2.49. The van der Waals surface area contributed by atoms with Gasteiger partial charge in [0, 0.05) is 0 Å². The van der Waals surface area contributed by atoms with Crippen LogP contribution in [0.1, 0.15) is 0 Å². The van der Waals surface area contributed by atoms with E-state index in [2.05, 4.69) is 9.97 Å². The van der Waals surface area contributed by atoms with Crippen molar-refractivity contribution >= 4 is 17.3 Å². The van der Waals surface area contributed by atoms with E-state index in [-0.39, 0.29) is 17.3 Å². The predicted octanol–water partition coefficient (Wildman–Crippen LogP) is 1.09. The lowest BCUT2D eigenvalue weighted by atomic mass is 10.3. The number of hydrogen-bond donors (Lipinski definition) is 2. The maximum atomic E-state index is 11.0. The Kier molecular flexibility index (Phi) is 2.92. The maximum Gasteiger partial charge on any atom is 0.297 e. The van der Waals surface area contributed by atoms with Crippen LogP contribution in [-0.2, 0) is 0 Å². The van der Waals surface area contributed by atoms with Crippen LogP contribution in [0.15, 0.2) is 36.5 Å². The van der Waals surface area contributed by atoms with Crippen molar-refractivity contribution in [1.82, 2.24) is 9.97 Å². The van der Waals surface area contributed by atoms with Gasteiger partial charge in [-0.3, -0.25) is 0 Å². The molecule has 0 aliphatic carbocycles. The summed E-state index contributed by atoms with van der Waals surface area (Å²) in [6.45, 7) is 0. The molecular formula is C10H9N5O3. The first kappa shape index (κ1) is 11.6. The number of aromatic hydroxyl groups is 1. The molecule has 0 spiro atoms. The summed E-state index contributed by atoms with van der Waals surface area (Å²) < 4.78 is 0. The van der Waals surface area contributed by atoms with Crippen molar-refractivity contribution in [3.8, 4) is 5.88 Å². The lowest BCUT2D eigenvalue weighted by Gasteiger charge is -2.11. The summed E-state index contributed by atoms with van der Waals surface area (Å²) >= 11 is 0. The van der Waals surface area contributed by atoms with Gasteiger partial charge in [-0.2, -0.15) is 4.98 Å². The molecule has 2 aromatic rings.